The van der Waals surface area contributed by atoms with Crippen molar-refractivity contribution in [2.75, 3.05) is 31.0 Å². The second-order valence-electron chi connectivity index (χ2n) is 8.83. The molecule has 1 heterocycles. The van der Waals surface area contributed by atoms with Crippen LogP contribution >= 0.6 is 0 Å². The highest BCUT2D eigenvalue weighted by Crippen LogP contribution is 2.31. The number of nitrogens with zero attached hydrogens (tertiary/aromatic N) is 1. The predicted octanol–water partition coefficient (Wildman–Crippen LogP) is 3.33. The highest BCUT2D eigenvalue weighted by atomic mass is 32.2. The van der Waals surface area contributed by atoms with Crippen molar-refractivity contribution in [2.45, 2.75) is 51.0 Å². The molecular weight excluding hydrogens is 470 g/mol. The van der Waals surface area contributed by atoms with Gasteiger partial charge in [0.05, 0.1) is 19.1 Å². The number of nitrogens with one attached hydrogen (secondary N) is 2. The second-order valence-corrected chi connectivity index (χ2v) is 10.5. The summed E-state index contributed by atoms with van der Waals surface area (Å²) in [4.78, 5) is 27.0. The number of methoxy groups -OCH3 is 2. The Bertz CT molecular complexity index is 1170. The first-order valence-corrected chi connectivity index (χ1v) is 13.1. The van der Waals surface area contributed by atoms with Crippen LogP contribution in [0.3, 0.4) is 0 Å². The Morgan fingerprint density at radius 2 is 1.71 bits per heavy atom. The number of benzene rings is 2. The molecular formula is C25H33N3O6S. The van der Waals surface area contributed by atoms with Crippen LogP contribution in [-0.4, -0.2) is 47.0 Å². The fraction of sp³-hybridized carbons (Fsp3) is 0.440. The topological polar surface area (TPSA) is 114 Å². The number of ether oxygens (including phenoxy) is 2. The molecule has 0 saturated carbocycles. The van der Waals surface area contributed by atoms with Crippen LogP contribution in [0.2, 0.25) is 0 Å². The summed E-state index contributed by atoms with van der Waals surface area (Å²) < 4.78 is 39.5. The molecule has 3 rings (SSSR count). The number of carbonyl (C=O) groups excluding carboxylic acids is 2. The molecule has 2 amide bonds. The van der Waals surface area contributed by atoms with E-state index in [9.17, 15) is 18.0 Å². The summed E-state index contributed by atoms with van der Waals surface area (Å²) in [6.07, 6.45) is 1.26. The summed E-state index contributed by atoms with van der Waals surface area (Å²) in [6.45, 7) is 6.15. The van der Waals surface area contributed by atoms with E-state index in [1.807, 2.05) is 13.8 Å². The van der Waals surface area contributed by atoms with Gasteiger partial charge in [-0.3, -0.25) is 9.59 Å². The van der Waals surface area contributed by atoms with Crippen molar-refractivity contribution in [1.82, 2.24) is 4.72 Å². The summed E-state index contributed by atoms with van der Waals surface area (Å²) in [5, 5.41) is 2.77. The van der Waals surface area contributed by atoms with Crippen molar-refractivity contribution in [3.63, 3.8) is 0 Å². The van der Waals surface area contributed by atoms with Gasteiger partial charge in [-0.2, -0.15) is 4.72 Å². The summed E-state index contributed by atoms with van der Waals surface area (Å²) in [5.41, 5.74) is 1.96. The molecule has 2 aromatic rings. The maximum absolute atomic E-state index is 13.2. The molecule has 1 aliphatic heterocycles. The third-order valence-corrected chi connectivity index (χ3v) is 7.27. The van der Waals surface area contributed by atoms with Gasteiger partial charge in [-0.05, 0) is 42.5 Å². The first-order valence-electron chi connectivity index (χ1n) is 11.6. The van der Waals surface area contributed by atoms with Crippen molar-refractivity contribution < 1.29 is 27.5 Å². The third kappa shape index (κ3) is 6.32. The van der Waals surface area contributed by atoms with Crippen LogP contribution in [0.1, 0.15) is 39.2 Å². The molecule has 0 radical (unpaired) electrons. The lowest BCUT2D eigenvalue weighted by Gasteiger charge is -2.21. The highest BCUT2D eigenvalue weighted by Gasteiger charge is 2.29. The highest BCUT2D eigenvalue weighted by molar-refractivity contribution is 7.89. The Morgan fingerprint density at radius 1 is 1.06 bits per heavy atom. The number of rotatable bonds is 10. The standard InChI is InChI=1S/C25H33N3O6S/c1-6-24(29)28-10-9-17-12-21(7-8-23(17)28)35(31,32)27-22(11-16(2)3)25(30)26-18-13-19(33-4)15-20(14-18)34-5/h7-8,12-16,22,27H,6,9-11H2,1-5H3,(H,26,30)/t22-/m0/s1. The van der Waals surface area contributed by atoms with Gasteiger partial charge in [-0.25, -0.2) is 8.42 Å². The molecule has 1 atom stereocenters. The molecule has 1 aliphatic rings. The Morgan fingerprint density at radius 3 is 2.29 bits per heavy atom. The number of hydrogen-bond acceptors (Lipinski definition) is 6. The van der Waals surface area contributed by atoms with Crippen LogP contribution in [0.15, 0.2) is 41.3 Å². The van der Waals surface area contributed by atoms with Crippen LogP contribution < -0.4 is 24.4 Å². The van der Waals surface area contributed by atoms with Gasteiger partial charge >= 0.3 is 0 Å². The fourth-order valence-electron chi connectivity index (χ4n) is 4.04. The minimum absolute atomic E-state index is 0.000300. The van der Waals surface area contributed by atoms with E-state index in [-0.39, 0.29) is 16.7 Å². The van der Waals surface area contributed by atoms with Crippen molar-refractivity contribution in [3.05, 3.63) is 42.0 Å². The van der Waals surface area contributed by atoms with E-state index in [1.165, 1.54) is 20.3 Å². The van der Waals surface area contributed by atoms with Gasteiger partial charge in [0.25, 0.3) is 0 Å². The zero-order valence-corrected chi connectivity index (χ0v) is 21.6. The van der Waals surface area contributed by atoms with E-state index < -0.39 is 22.0 Å². The van der Waals surface area contributed by atoms with E-state index in [0.29, 0.717) is 43.0 Å². The van der Waals surface area contributed by atoms with Gasteiger partial charge in [0.2, 0.25) is 21.8 Å². The van der Waals surface area contributed by atoms with Crippen molar-refractivity contribution >= 4 is 33.2 Å². The lowest BCUT2D eigenvalue weighted by molar-refractivity contribution is -0.118. The number of hydrogen-bond donors (Lipinski definition) is 2. The Kier molecular flexibility index (Phi) is 8.39. The van der Waals surface area contributed by atoms with Gasteiger partial charge in [0.1, 0.15) is 17.5 Å². The smallest absolute Gasteiger partial charge is 0.242 e. The number of amides is 2. The number of fused-ring (bicyclic) bond motifs is 1. The molecule has 35 heavy (non-hydrogen) atoms. The molecule has 0 aromatic heterocycles. The van der Waals surface area contributed by atoms with E-state index in [0.717, 1.165) is 11.3 Å². The molecule has 190 valence electrons. The van der Waals surface area contributed by atoms with Crippen LogP contribution in [-0.2, 0) is 26.0 Å². The van der Waals surface area contributed by atoms with Crippen LogP contribution in [0.5, 0.6) is 11.5 Å². The number of sulfonamides is 1. The average molecular weight is 504 g/mol. The first-order chi connectivity index (χ1) is 16.6. The second kappa shape index (κ2) is 11.1. The zero-order chi connectivity index (χ0) is 25.8. The number of anilines is 2. The lowest BCUT2D eigenvalue weighted by atomic mass is 10.0. The summed E-state index contributed by atoms with van der Waals surface area (Å²) in [7, 11) is -0.989. The molecule has 0 unspecified atom stereocenters. The molecule has 0 aliphatic carbocycles. The Balaban J connectivity index is 1.83. The van der Waals surface area contributed by atoms with Crippen LogP contribution in [0, 0.1) is 5.92 Å². The van der Waals surface area contributed by atoms with Gasteiger partial charge in [0, 0.05) is 42.5 Å². The number of carbonyl (C=O) groups is 2. The van der Waals surface area contributed by atoms with E-state index in [4.69, 9.17) is 9.47 Å². The maximum Gasteiger partial charge on any atom is 0.242 e. The molecule has 0 saturated heterocycles. The van der Waals surface area contributed by atoms with Crippen LogP contribution in [0.25, 0.3) is 0 Å². The first kappa shape index (κ1) is 26.5. The average Bonchev–Trinajstić information content (AvgIpc) is 3.25. The summed E-state index contributed by atoms with van der Waals surface area (Å²) in [6, 6.07) is 8.65. The zero-order valence-electron chi connectivity index (χ0n) is 20.8. The minimum Gasteiger partial charge on any atom is -0.497 e. The predicted molar refractivity (Wildman–Crippen MR) is 135 cm³/mol. The molecule has 0 bridgehead atoms. The molecule has 2 aromatic carbocycles. The van der Waals surface area contributed by atoms with Crippen molar-refractivity contribution in [2.24, 2.45) is 5.92 Å². The van der Waals surface area contributed by atoms with Gasteiger partial charge in [0.15, 0.2) is 0 Å². The van der Waals surface area contributed by atoms with Gasteiger partial charge < -0.3 is 19.7 Å². The molecule has 2 N–H and O–H groups in total. The quantitative estimate of drug-likeness (QED) is 0.514. The van der Waals surface area contributed by atoms with E-state index >= 15 is 0 Å². The van der Waals surface area contributed by atoms with E-state index in [1.54, 1.807) is 42.2 Å². The largest absolute Gasteiger partial charge is 0.497 e. The SMILES string of the molecule is CCC(=O)N1CCc2cc(S(=O)(=O)N[C@@H](CC(C)C)C(=O)Nc3cc(OC)cc(OC)c3)ccc21. The third-order valence-electron chi connectivity index (χ3n) is 5.80. The van der Waals surface area contributed by atoms with Gasteiger partial charge in [-0.1, -0.05) is 20.8 Å². The summed E-state index contributed by atoms with van der Waals surface area (Å²) in [5.74, 6) is 0.560. The van der Waals surface area contributed by atoms with Gasteiger partial charge in [-0.15, -0.1) is 0 Å². The monoisotopic (exact) mass is 503 g/mol. The fourth-order valence-corrected chi connectivity index (χ4v) is 5.30. The van der Waals surface area contributed by atoms with E-state index in [2.05, 4.69) is 10.0 Å². The van der Waals surface area contributed by atoms with Crippen LogP contribution in [0.4, 0.5) is 11.4 Å². The Hall–Kier alpha value is -3.11. The normalized spacial score (nSPS) is 13.9. The lowest BCUT2D eigenvalue weighted by Crippen LogP contribution is -2.44. The minimum atomic E-state index is -4.00. The molecule has 0 spiro atoms. The Labute approximate surface area is 206 Å². The summed E-state index contributed by atoms with van der Waals surface area (Å²) >= 11 is 0. The molecule has 0 fully saturated rings. The molecule has 10 heteroatoms. The maximum atomic E-state index is 13.2. The van der Waals surface area contributed by atoms with Crippen molar-refractivity contribution in [3.8, 4) is 11.5 Å². The van der Waals surface area contributed by atoms with Crippen molar-refractivity contribution in [1.29, 1.82) is 0 Å². The molecule has 9 nitrogen and oxygen atoms in total.